The Bertz CT molecular complexity index is 1170. The molecule has 4 rings (SSSR count). The number of amides is 1. The molecule has 1 aromatic heterocycles. The summed E-state index contributed by atoms with van der Waals surface area (Å²) in [7, 11) is 1.56. The Morgan fingerprint density at radius 3 is 2.43 bits per heavy atom. The van der Waals surface area contributed by atoms with Crippen LogP contribution in [0.4, 0.5) is 5.69 Å². The molecule has 0 aliphatic heterocycles. The van der Waals surface area contributed by atoms with Gasteiger partial charge in [0.2, 0.25) is 0 Å². The van der Waals surface area contributed by atoms with Gasteiger partial charge in [0.1, 0.15) is 16.8 Å². The standard InChI is InChI=1S/C20H14Cl2N4O2/c1-28-19-9-7-15(11-16(19)22)26-24-17-8-6-14(10-18(17)25-26)23-20(27)12-2-4-13(21)5-3-12/h2-11H,1H3,(H,23,27). The average Bonchev–Trinajstić information content (AvgIpc) is 3.12. The minimum Gasteiger partial charge on any atom is -0.495 e. The van der Waals surface area contributed by atoms with Crippen LogP contribution in [-0.4, -0.2) is 28.0 Å². The van der Waals surface area contributed by atoms with Crippen LogP contribution in [0.3, 0.4) is 0 Å². The molecule has 3 aromatic carbocycles. The van der Waals surface area contributed by atoms with E-state index in [4.69, 9.17) is 27.9 Å². The quantitative estimate of drug-likeness (QED) is 0.512. The number of aromatic nitrogens is 3. The molecule has 0 fully saturated rings. The SMILES string of the molecule is COc1ccc(-n2nc3ccc(NC(=O)c4ccc(Cl)cc4)cc3n2)cc1Cl. The zero-order valence-electron chi connectivity index (χ0n) is 14.7. The van der Waals surface area contributed by atoms with Crippen molar-refractivity contribution >= 4 is 45.8 Å². The van der Waals surface area contributed by atoms with Crippen molar-refractivity contribution in [2.45, 2.75) is 0 Å². The van der Waals surface area contributed by atoms with Gasteiger partial charge in [-0.05, 0) is 60.7 Å². The molecule has 28 heavy (non-hydrogen) atoms. The Labute approximate surface area is 170 Å². The summed E-state index contributed by atoms with van der Waals surface area (Å²) in [5.41, 5.74) is 3.17. The molecule has 0 spiro atoms. The maximum Gasteiger partial charge on any atom is 0.255 e. The molecule has 0 aliphatic rings. The van der Waals surface area contributed by atoms with E-state index in [2.05, 4.69) is 15.5 Å². The number of nitrogens with zero attached hydrogens (tertiary/aromatic N) is 3. The van der Waals surface area contributed by atoms with E-state index in [-0.39, 0.29) is 5.91 Å². The first-order valence-electron chi connectivity index (χ1n) is 8.31. The molecule has 140 valence electrons. The van der Waals surface area contributed by atoms with Crippen LogP contribution in [-0.2, 0) is 0 Å². The second-order valence-electron chi connectivity index (χ2n) is 5.97. The molecular formula is C20H14Cl2N4O2. The van der Waals surface area contributed by atoms with Crippen LogP contribution in [0.1, 0.15) is 10.4 Å². The number of fused-ring (bicyclic) bond motifs is 1. The van der Waals surface area contributed by atoms with Gasteiger partial charge >= 0.3 is 0 Å². The zero-order valence-corrected chi connectivity index (χ0v) is 16.2. The van der Waals surface area contributed by atoms with Crippen LogP contribution in [0.25, 0.3) is 16.7 Å². The van der Waals surface area contributed by atoms with E-state index < -0.39 is 0 Å². The zero-order chi connectivity index (χ0) is 19.7. The van der Waals surface area contributed by atoms with Crippen LogP contribution in [0, 0.1) is 0 Å². The van der Waals surface area contributed by atoms with Gasteiger partial charge in [-0.25, -0.2) is 0 Å². The highest BCUT2D eigenvalue weighted by Crippen LogP contribution is 2.27. The molecule has 0 unspecified atom stereocenters. The number of carbonyl (C=O) groups is 1. The summed E-state index contributed by atoms with van der Waals surface area (Å²) in [4.78, 5) is 13.9. The van der Waals surface area contributed by atoms with Crippen molar-refractivity contribution in [3.8, 4) is 11.4 Å². The Kier molecular flexibility index (Phi) is 4.90. The average molecular weight is 413 g/mol. The van der Waals surface area contributed by atoms with Crippen molar-refractivity contribution in [3.63, 3.8) is 0 Å². The number of hydrogen-bond donors (Lipinski definition) is 1. The summed E-state index contributed by atoms with van der Waals surface area (Å²) < 4.78 is 5.16. The summed E-state index contributed by atoms with van der Waals surface area (Å²) in [6.45, 7) is 0. The third kappa shape index (κ3) is 3.65. The normalized spacial score (nSPS) is 10.8. The molecule has 4 aromatic rings. The lowest BCUT2D eigenvalue weighted by Gasteiger charge is -2.05. The third-order valence-electron chi connectivity index (χ3n) is 4.11. The predicted octanol–water partition coefficient (Wildman–Crippen LogP) is 4.99. The second-order valence-corrected chi connectivity index (χ2v) is 6.82. The van der Waals surface area contributed by atoms with Crippen LogP contribution in [0.5, 0.6) is 5.75 Å². The maximum absolute atomic E-state index is 12.4. The van der Waals surface area contributed by atoms with Gasteiger partial charge in [-0.1, -0.05) is 23.2 Å². The highest BCUT2D eigenvalue weighted by molar-refractivity contribution is 6.32. The largest absolute Gasteiger partial charge is 0.495 e. The summed E-state index contributed by atoms with van der Waals surface area (Å²) in [6.07, 6.45) is 0. The van der Waals surface area contributed by atoms with Gasteiger partial charge in [0.25, 0.3) is 5.91 Å². The first-order valence-corrected chi connectivity index (χ1v) is 9.07. The number of halogens is 2. The highest BCUT2D eigenvalue weighted by Gasteiger charge is 2.10. The molecule has 1 heterocycles. The van der Waals surface area contributed by atoms with Crippen LogP contribution < -0.4 is 10.1 Å². The van der Waals surface area contributed by atoms with Crippen molar-refractivity contribution < 1.29 is 9.53 Å². The summed E-state index contributed by atoms with van der Waals surface area (Å²) in [6, 6.07) is 17.3. The molecule has 1 N–H and O–H groups in total. The van der Waals surface area contributed by atoms with E-state index in [1.54, 1.807) is 61.7 Å². The van der Waals surface area contributed by atoms with Gasteiger partial charge in [-0.3, -0.25) is 4.79 Å². The monoisotopic (exact) mass is 412 g/mol. The summed E-state index contributed by atoms with van der Waals surface area (Å²) in [5.74, 6) is 0.347. The fourth-order valence-corrected chi connectivity index (χ4v) is 3.07. The number of hydrogen-bond acceptors (Lipinski definition) is 4. The molecule has 0 saturated carbocycles. The number of rotatable bonds is 4. The Hall–Kier alpha value is -3.09. The minimum atomic E-state index is -0.231. The minimum absolute atomic E-state index is 0.231. The first kappa shape index (κ1) is 18.3. The van der Waals surface area contributed by atoms with Crippen molar-refractivity contribution in [2.24, 2.45) is 0 Å². The number of benzene rings is 3. The number of nitrogens with one attached hydrogen (secondary N) is 1. The Morgan fingerprint density at radius 2 is 1.71 bits per heavy atom. The third-order valence-corrected chi connectivity index (χ3v) is 4.66. The van der Waals surface area contributed by atoms with E-state index in [9.17, 15) is 4.79 Å². The predicted molar refractivity (Wildman–Crippen MR) is 110 cm³/mol. The molecule has 8 heteroatoms. The van der Waals surface area contributed by atoms with Gasteiger partial charge in [-0.2, -0.15) is 4.80 Å². The van der Waals surface area contributed by atoms with Gasteiger partial charge in [0, 0.05) is 16.3 Å². The summed E-state index contributed by atoms with van der Waals surface area (Å²) >= 11 is 12.0. The van der Waals surface area contributed by atoms with Gasteiger partial charge < -0.3 is 10.1 Å². The van der Waals surface area contributed by atoms with Crippen molar-refractivity contribution in [1.29, 1.82) is 0 Å². The van der Waals surface area contributed by atoms with Crippen LogP contribution in [0.15, 0.2) is 60.7 Å². The number of anilines is 1. The second kappa shape index (κ2) is 7.50. The van der Waals surface area contributed by atoms with E-state index in [0.29, 0.717) is 43.8 Å². The fraction of sp³-hybridized carbons (Fsp3) is 0.0500. The first-order chi connectivity index (χ1) is 13.5. The van der Waals surface area contributed by atoms with E-state index in [0.717, 1.165) is 0 Å². The van der Waals surface area contributed by atoms with Crippen LogP contribution >= 0.6 is 23.2 Å². The molecule has 0 atom stereocenters. The topological polar surface area (TPSA) is 69.0 Å². The summed E-state index contributed by atoms with van der Waals surface area (Å²) in [5, 5.41) is 12.8. The molecule has 0 radical (unpaired) electrons. The number of ether oxygens (including phenoxy) is 1. The van der Waals surface area contributed by atoms with Crippen molar-refractivity contribution in [3.05, 3.63) is 76.3 Å². The lowest BCUT2D eigenvalue weighted by atomic mass is 10.2. The number of carbonyl (C=O) groups excluding carboxylic acids is 1. The fourth-order valence-electron chi connectivity index (χ4n) is 2.69. The van der Waals surface area contributed by atoms with Gasteiger partial charge in [-0.15, -0.1) is 10.2 Å². The highest BCUT2D eigenvalue weighted by atomic mass is 35.5. The molecule has 1 amide bonds. The smallest absolute Gasteiger partial charge is 0.255 e. The van der Waals surface area contributed by atoms with Crippen molar-refractivity contribution in [2.75, 3.05) is 12.4 Å². The molecule has 0 saturated heterocycles. The van der Waals surface area contributed by atoms with Gasteiger partial charge in [0.15, 0.2) is 0 Å². The van der Waals surface area contributed by atoms with E-state index >= 15 is 0 Å². The molecular weight excluding hydrogens is 399 g/mol. The molecule has 0 bridgehead atoms. The van der Waals surface area contributed by atoms with E-state index in [1.807, 2.05) is 6.07 Å². The number of methoxy groups -OCH3 is 1. The Balaban J connectivity index is 1.60. The molecule has 6 nitrogen and oxygen atoms in total. The maximum atomic E-state index is 12.4. The van der Waals surface area contributed by atoms with Gasteiger partial charge in [0.05, 0.1) is 17.8 Å². The lowest BCUT2D eigenvalue weighted by Crippen LogP contribution is -2.11. The molecule has 0 aliphatic carbocycles. The van der Waals surface area contributed by atoms with Crippen LogP contribution in [0.2, 0.25) is 10.0 Å². The Morgan fingerprint density at radius 1 is 0.964 bits per heavy atom. The lowest BCUT2D eigenvalue weighted by molar-refractivity contribution is 0.102. The van der Waals surface area contributed by atoms with E-state index in [1.165, 1.54) is 4.80 Å². The van der Waals surface area contributed by atoms with Crippen molar-refractivity contribution in [1.82, 2.24) is 15.0 Å².